The van der Waals surface area contributed by atoms with Gasteiger partial charge in [0.2, 0.25) is 11.8 Å². The molecule has 0 radical (unpaired) electrons. The fourth-order valence-corrected chi connectivity index (χ4v) is 6.33. The second kappa shape index (κ2) is 12.9. The molecule has 1 spiro atoms. The lowest BCUT2D eigenvalue weighted by molar-refractivity contribution is -0.138. The number of benzene rings is 1. The van der Waals surface area contributed by atoms with E-state index in [0.29, 0.717) is 13.2 Å². The van der Waals surface area contributed by atoms with Crippen molar-refractivity contribution in [2.45, 2.75) is 71.9 Å². The molecule has 0 bridgehead atoms. The Labute approximate surface area is 243 Å². The molecule has 2 aliphatic heterocycles. The van der Waals surface area contributed by atoms with Gasteiger partial charge >= 0.3 is 0 Å². The average molecular weight is 558 g/mol. The summed E-state index contributed by atoms with van der Waals surface area (Å²) in [5, 5.41) is 5.97. The Balaban J connectivity index is 1.28. The van der Waals surface area contributed by atoms with Crippen LogP contribution in [0.25, 0.3) is 5.82 Å². The summed E-state index contributed by atoms with van der Waals surface area (Å²) in [6, 6.07) is 15.8. The van der Waals surface area contributed by atoms with Crippen LogP contribution in [0.5, 0.6) is 5.75 Å². The zero-order valence-corrected chi connectivity index (χ0v) is 24.6. The highest BCUT2D eigenvalue weighted by Gasteiger charge is 2.41. The second-order valence-electron chi connectivity index (χ2n) is 11.6. The lowest BCUT2D eigenvalue weighted by Gasteiger charge is -2.41. The third-order valence-corrected chi connectivity index (χ3v) is 8.83. The Morgan fingerprint density at radius 3 is 2.59 bits per heavy atom. The summed E-state index contributed by atoms with van der Waals surface area (Å²) < 4.78 is 8.18. The van der Waals surface area contributed by atoms with Gasteiger partial charge in [-0.15, -0.1) is 0 Å². The summed E-state index contributed by atoms with van der Waals surface area (Å²) in [6.07, 6.45) is 7.07. The molecular weight excluding hydrogens is 514 g/mol. The lowest BCUT2D eigenvalue weighted by atomic mass is 9.73. The summed E-state index contributed by atoms with van der Waals surface area (Å²) >= 11 is 0. The molecule has 2 aliphatic rings. The average Bonchev–Trinajstić information content (AvgIpc) is 3.26. The van der Waals surface area contributed by atoms with Crippen LogP contribution in [-0.2, 0) is 22.6 Å². The van der Waals surface area contributed by atoms with Gasteiger partial charge in [0.1, 0.15) is 24.2 Å². The van der Waals surface area contributed by atoms with Crippen molar-refractivity contribution in [3.8, 4) is 11.6 Å². The number of nitrogens with one attached hydrogen (secondary N) is 2. The molecule has 218 valence electrons. The summed E-state index contributed by atoms with van der Waals surface area (Å²) in [5.41, 5.74) is 4.38. The molecule has 2 amide bonds. The molecule has 2 aromatic heterocycles. The first-order chi connectivity index (χ1) is 19.9. The van der Waals surface area contributed by atoms with E-state index in [4.69, 9.17) is 4.74 Å². The Kier molecular flexibility index (Phi) is 9.08. The molecule has 1 aromatic carbocycles. The first-order valence-electron chi connectivity index (χ1n) is 15.0. The summed E-state index contributed by atoms with van der Waals surface area (Å²) in [7, 11) is 0. The van der Waals surface area contributed by atoms with Gasteiger partial charge in [-0.3, -0.25) is 14.5 Å². The predicted octanol–water partition coefficient (Wildman–Crippen LogP) is 4.50. The maximum atomic E-state index is 13.8. The van der Waals surface area contributed by atoms with E-state index in [-0.39, 0.29) is 11.8 Å². The van der Waals surface area contributed by atoms with Crippen LogP contribution in [0.3, 0.4) is 0 Å². The number of nitrogens with zero attached hydrogens (tertiary/aromatic N) is 3. The van der Waals surface area contributed by atoms with Crippen molar-refractivity contribution in [1.29, 1.82) is 0 Å². The van der Waals surface area contributed by atoms with E-state index in [9.17, 15) is 9.59 Å². The highest BCUT2D eigenvalue weighted by molar-refractivity contribution is 5.90. The molecule has 8 heteroatoms. The van der Waals surface area contributed by atoms with Crippen LogP contribution in [-0.4, -0.2) is 58.5 Å². The summed E-state index contributed by atoms with van der Waals surface area (Å²) in [5.74, 6) is 1.65. The first kappa shape index (κ1) is 28.9. The highest BCUT2D eigenvalue weighted by atomic mass is 16.5. The number of hydrogen-bond acceptors (Lipinski definition) is 5. The number of rotatable bonds is 3. The maximum Gasteiger partial charge on any atom is 0.242 e. The molecular formula is C33H43N5O3. The van der Waals surface area contributed by atoms with Crippen LogP contribution in [0.1, 0.15) is 61.5 Å². The Morgan fingerprint density at radius 2 is 1.80 bits per heavy atom. The third kappa shape index (κ3) is 6.64. The van der Waals surface area contributed by atoms with Gasteiger partial charge < -0.3 is 19.9 Å². The van der Waals surface area contributed by atoms with Crippen molar-refractivity contribution in [3.63, 3.8) is 0 Å². The Bertz CT molecular complexity index is 1340. The zero-order valence-electron chi connectivity index (χ0n) is 24.6. The number of para-hydroxylation sites is 1. The van der Waals surface area contributed by atoms with E-state index in [1.54, 1.807) is 6.92 Å². The van der Waals surface area contributed by atoms with Gasteiger partial charge in [-0.1, -0.05) is 30.7 Å². The number of carbonyl (C=O) groups excluding carboxylic acids is 2. The number of aryl methyl sites for hydroxylation is 2. The number of hydrogen-bond donors (Lipinski definition) is 2. The maximum absolute atomic E-state index is 13.8. The molecule has 8 nitrogen and oxygen atoms in total. The SMILES string of the molecule is Cc1cc(CN2CCC3(CCCCc4ccccc4OCCNC(=O)[C@H](C)NC3=O)CC2)c(C)n1-c1ccccn1. The number of carbonyl (C=O) groups is 2. The van der Waals surface area contributed by atoms with Crippen molar-refractivity contribution in [2.75, 3.05) is 26.2 Å². The molecule has 1 fully saturated rings. The lowest BCUT2D eigenvalue weighted by Crippen LogP contribution is -2.53. The van der Waals surface area contributed by atoms with Crippen molar-refractivity contribution in [2.24, 2.45) is 5.41 Å². The summed E-state index contributed by atoms with van der Waals surface area (Å²) in [4.78, 5) is 33.5. The Morgan fingerprint density at radius 1 is 1.02 bits per heavy atom. The number of piperidine rings is 1. The largest absolute Gasteiger partial charge is 0.491 e. The minimum Gasteiger partial charge on any atom is -0.491 e. The smallest absolute Gasteiger partial charge is 0.242 e. The van der Waals surface area contributed by atoms with E-state index >= 15 is 0 Å². The normalized spacial score (nSPS) is 20.7. The zero-order chi connectivity index (χ0) is 28.8. The number of likely N-dealkylation sites (tertiary alicyclic amines) is 1. The number of pyridine rings is 1. The first-order valence-corrected chi connectivity index (χ1v) is 15.0. The van der Waals surface area contributed by atoms with Crippen LogP contribution >= 0.6 is 0 Å². The van der Waals surface area contributed by atoms with Gasteiger partial charge in [0.15, 0.2) is 0 Å². The standard InChI is InChI=1S/C33H43N5O3/c1-24-22-28(26(3)38(24)30-13-7-9-17-34-30)23-37-19-15-33(16-20-37)14-8-6-11-27-10-4-5-12-29(27)41-21-18-35-31(39)25(2)36-32(33)40/h4-5,7,9-10,12-13,17,22,25H,6,8,11,14-16,18-21,23H2,1-3H3,(H,35,39)(H,36,40)/t25-/m0/s1. The van der Waals surface area contributed by atoms with Gasteiger partial charge in [0.25, 0.3) is 0 Å². The number of ether oxygens (including phenoxy) is 1. The van der Waals surface area contributed by atoms with E-state index in [1.165, 1.54) is 22.5 Å². The minimum atomic E-state index is -0.591. The van der Waals surface area contributed by atoms with E-state index in [0.717, 1.165) is 69.7 Å². The van der Waals surface area contributed by atoms with Crippen LogP contribution in [0, 0.1) is 19.3 Å². The molecule has 1 saturated heterocycles. The van der Waals surface area contributed by atoms with Gasteiger partial charge in [-0.2, -0.15) is 0 Å². The summed E-state index contributed by atoms with van der Waals surface area (Å²) in [6.45, 7) is 9.38. The quantitative estimate of drug-likeness (QED) is 0.495. The molecule has 0 aliphatic carbocycles. The van der Waals surface area contributed by atoms with Gasteiger partial charge in [-0.25, -0.2) is 4.98 Å². The second-order valence-corrected chi connectivity index (χ2v) is 11.6. The minimum absolute atomic E-state index is 0.0136. The van der Waals surface area contributed by atoms with Gasteiger partial charge in [-0.05, 0) is 101 Å². The van der Waals surface area contributed by atoms with E-state index in [2.05, 4.69) is 51.1 Å². The van der Waals surface area contributed by atoms with Crippen molar-refractivity contribution in [3.05, 3.63) is 77.2 Å². The molecule has 1 atom stereocenters. The number of aromatic nitrogens is 2. The highest BCUT2D eigenvalue weighted by Crippen LogP contribution is 2.38. The molecule has 41 heavy (non-hydrogen) atoms. The van der Waals surface area contributed by atoms with E-state index in [1.807, 2.05) is 42.6 Å². The third-order valence-electron chi connectivity index (χ3n) is 8.83. The van der Waals surface area contributed by atoms with Gasteiger partial charge in [0.05, 0.1) is 12.0 Å². The van der Waals surface area contributed by atoms with Crippen LogP contribution in [0.15, 0.2) is 54.7 Å². The van der Waals surface area contributed by atoms with Crippen LogP contribution in [0.4, 0.5) is 0 Å². The van der Waals surface area contributed by atoms with Crippen molar-refractivity contribution < 1.29 is 14.3 Å². The molecule has 4 heterocycles. The van der Waals surface area contributed by atoms with Crippen molar-refractivity contribution in [1.82, 2.24) is 25.1 Å². The molecule has 0 saturated carbocycles. The van der Waals surface area contributed by atoms with Crippen LogP contribution in [0.2, 0.25) is 0 Å². The fraction of sp³-hybridized carbons (Fsp3) is 0.485. The Hall–Kier alpha value is -3.65. The number of amides is 2. The monoisotopic (exact) mass is 557 g/mol. The topological polar surface area (TPSA) is 88.5 Å². The van der Waals surface area contributed by atoms with Gasteiger partial charge in [0, 0.05) is 24.1 Å². The molecule has 5 rings (SSSR count). The molecule has 3 aromatic rings. The molecule has 0 unspecified atom stereocenters. The van der Waals surface area contributed by atoms with Crippen LogP contribution < -0.4 is 15.4 Å². The predicted molar refractivity (Wildman–Crippen MR) is 160 cm³/mol. The molecule has 2 N–H and O–H groups in total. The van der Waals surface area contributed by atoms with Crippen molar-refractivity contribution >= 4 is 11.8 Å². The number of fused-ring (bicyclic) bond motifs is 1. The van der Waals surface area contributed by atoms with E-state index < -0.39 is 11.5 Å². The fourth-order valence-electron chi connectivity index (χ4n) is 6.33.